The maximum absolute atomic E-state index is 5.80. The number of hydrogen-bond acceptors (Lipinski definition) is 3. The third-order valence-electron chi connectivity index (χ3n) is 3.64. The maximum Gasteiger partial charge on any atom is 0.127 e. The number of aromatic nitrogens is 2. The number of rotatable bonds is 5. The predicted octanol–water partition coefficient (Wildman–Crippen LogP) is 3.13. The van der Waals surface area contributed by atoms with Gasteiger partial charge in [0, 0.05) is 34.9 Å². The van der Waals surface area contributed by atoms with Gasteiger partial charge in [-0.2, -0.15) is 0 Å². The minimum atomic E-state index is 0.452. The summed E-state index contributed by atoms with van der Waals surface area (Å²) in [5.41, 5.74) is 2.50. The standard InChI is InChI=1S/C16H20BrN3O/c1-11(2)19-9-15-18-4-5-20(15)10-13-8-14(17)7-12-3-6-21-16(12)13/h4-5,7-8,11,19H,3,6,9-10H2,1-2H3. The van der Waals surface area contributed by atoms with Crippen molar-refractivity contribution in [3.05, 3.63) is 46.0 Å². The van der Waals surface area contributed by atoms with Crippen LogP contribution in [0.1, 0.15) is 30.8 Å². The molecule has 0 saturated carbocycles. The van der Waals surface area contributed by atoms with Crippen LogP contribution < -0.4 is 10.1 Å². The summed E-state index contributed by atoms with van der Waals surface area (Å²) >= 11 is 3.60. The Balaban J connectivity index is 1.83. The van der Waals surface area contributed by atoms with E-state index in [1.54, 1.807) is 0 Å². The molecule has 0 unspecified atom stereocenters. The van der Waals surface area contributed by atoms with Gasteiger partial charge in [0.25, 0.3) is 0 Å². The van der Waals surface area contributed by atoms with E-state index in [4.69, 9.17) is 4.74 Å². The van der Waals surface area contributed by atoms with Crippen molar-refractivity contribution in [1.82, 2.24) is 14.9 Å². The molecule has 112 valence electrons. The highest BCUT2D eigenvalue weighted by molar-refractivity contribution is 9.10. The molecule has 3 rings (SSSR count). The van der Waals surface area contributed by atoms with Crippen LogP contribution in [0.5, 0.6) is 5.75 Å². The van der Waals surface area contributed by atoms with Crippen molar-refractivity contribution in [2.45, 2.75) is 39.4 Å². The van der Waals surface area contributed by atoms with Gasteiger partial charge in [0.1, 0.15) is 11.6 Å². The van der Waals surface area contributed by atoms with Gasteiger partial charge in [0.15, 0.2) is 0 Å². The van der Waals surface area contributed by atoms with Gasteiger partial charge in [0.05, 0.1) is 19.7 Å². The molecular formula is C16H20BrN3O. The van der Waals surface area contributed by atoms with Gasteiger partial charge < -0.3 is 14.6 Å². The highest BCUT2D eigenvalue weighted by Crippen LogP contribution is 2.33. The molecular weight excluding hydrogens is 330 g/mol. The predicted molar refractivity (Wildman–Crippen MR) is 86.6 cm³/mol. The van der Waals surface area contributed by atoms with Crippen LogP contribution in [-0.4, -0.2) is 22.2 Å². The van der Waals surface area contributed by atoms with Crippen molar-refractivity contribution >= 4 is 15.9 Å². The van der Waals surface area contributed by atoms with E-state index in [1.807, 2.05) is 12.4 Å². The molecule has 0 radical (unpaired) electrons. The first-order chi connectivity index (χ1) is 10.1. The zero-order valence-corrected chi connectivity index (χ0v) is 14.0. The Kier molecular flexibility index (Phi) is 4.31. The molecule has 4 nitrogen and oxygen atoms in total. The maximum atomic E-state index is 5.80. The number of halogens is 1. The molecule has 0 aliphatic carbocycles. The normalized spacial score (nSPS) is 13.5. The summed E-state index contributed by atoms with van der Waals surface area (Å²) < 4.78 is 9.10. The van der Waals surface area contributed by atoms with Crippen molar-refractivity contribution in [2.24, 2.45) is 0 Å². The second-order valence-corrected chi connectivity index (χ2v) is 6.57. The van der Waals surface area contributed by atoms with Gasteiger partial charge >= 0.3 is 0 Å². The minimum absolute atomic E-state index is 0.452. The van der Waals surface area contributed by atoms with Crippen LogP contribution in [0.2, 0.25) is 0 Å². The molecule has 0 saturated heterocycles. The van der Waals surface area contributed by atoms with Gasteiger partial charge in [-0.3, -0.25) is 0 Å². The third kappa shape index (κ3) is 3.30. The highest BCUT2D eigenvalue weighted by Gasteiger charge is 2.18. The van der Waals surface area contributed by atoms with E-state index in [0.29, 0.717) is 6.04 Å². The van der Waals surface area contributed by atoms with E-state index in [-0.39, 0.29) is 0 Å². The number of imidazole rings is 1. The first kappa shape index (κ1) is 14.6. The van der Waals surface area contributed by atoms with E-state index >= 15 is 0 Å². The molecule has 2 heterocycles. The molecule has 1 aliphatic rings. The van der Waals surface area contributed by atoms with Crippen molar-refractivity contribution in [2.75, 3.05) is 6.61 Å². The average molecular weight is 350 g/mol. The van der Waals surface area contributed by atoms with E-state index in [2.05, 4.69) is 56.8 Å². The second kappa shape index (κ2) is 6.20. The molecule has 5 heteroatoms. The fourth-order valence-electron chi connectivity index (χ4n) is 2.59. The van der Waals surface area contributed by atoms with Crippen molar-refractivity contribution in [3.63, 3.8) is 0 Å². The quantitative estimate of drug-likeness (QED) is 0.901. The number of hydrogen-bond donors (Lipinski definition) is 1. The zero-order valence-electron chi connectivity index (χ0n) is 12.4. The van der Waals surface area contributed by atoms with Crippen LogP contribution in [0.3, 0.4) is 0 Å². The van der Waals surface area contributed by atoms with Crippen LogP contribution in [-0.2, 0) is 19.5 Å². The van der Waals surface area contributed by atoms with E-state index < -0.39 is 0 Å². The second-order valence-electron chi connectivity index (χ2n) is 5.66. The SMILES string of the molecule is CC(C)NCc1nccn1Cc1cc(Br)cc2c1OCC2. The molecule has 1 aliphatic heterocycles. The van der Waals surface area contributed by atoms with E-state index in [0.717, 1.165) is 42.2 Å². The molecule has 1 aromatic heterocycles. The van der Waals surface area contributed by atoms with Crippen molar-refractivity contribution in [3.8, 4) is 5.75 Å². The molecule has 21 heavy (non-hydrogen) atoms. The fraction of sp³-hybridized carbons (Fsp3) is 0.438. The Morgan fingerprint density at radius 3 is 3.10 bits per heavy atom. The first-order valence-electron chi connectivity index (χ1n) is 7.31. The smallest absolute Gasteiger partial charge is 0.127 e. The van der Waals surface area contributed by atoms with Crippen LogP contribution in [0.4, 0.5) is 0 Å². The first-order valence-corrected chi connectivity index (χ1v) is 8.10. The van der Waals surface area contributed by atoms with Crippen LogP contribution in [0.15, 0.2) is 29.0 Å². The summed E-state index contributed by atoms with van der Waals surface area (Å²) in [7, 11) is 0. The van der Waals surface area contributed by atoms with Crippen LogP contribution in [0, 0.1) is 0 Å². The molecule has 0 atom stereocenters. The van der Waals surface area contributed by atoms with Crippen molar-refractivity contribution in [1.29, 1.82) is 0 Å². The lowest BCUT2D eigenvalue weighted by atomic mass is 10.1. The Bertz CT molecular complexity index is 636. The molecule has 1 N–H and O–H groups in total. The molecule has 0 spiro atoms. The minimum Gasteiger partial charge on any atom is -0.493 e. The largest absolute Gasteiger partial charge is 0.493 e. The van der Waals surface area contributed by atoms with E-state index in [9.17, 15) is 0 Å². The molecule has 0 bridgehead atoms. The van der Waals surface area contributed by atoms with Gasteiger partial charge in [-0.05, 0) is 17.7 Å². The molecule has 2 aromatic rings. The molecule has 1 aromatic carbocycles. The number of nitrogens with one attached hydrogen (secondary N) is 1. The Morgan fingerprint density at radius 1 is 1.43 bits per heavy atom. The number of ether oxygens (including phenoxy) is 1. The summed E-state index contributed by atoms with van der Waals surface area (Å²) in [6.07, 6.45) is 4.88. The molecule has 0 fully saturated rings. The lowest BCUT2D eigenvalue weighted by molar-refractivity contribution is 0.352. The molecule has 0 amide bonds. The van der Waals surface area contributed by atoms with Gasteiger partial charge in [0.2, 0.25) is 0 Å². The summed E-state index contributed by atoms with van der Waals surface area (Å²) in [5, 5.41) is 3.41. The lowest BCUT2D eigenvalue weighted by Crippen LogP contribution is -2.24. The number of benzene rings is 1. The summed E-state index contributed by atoms with van der Waals surface area (Å²) in [6, 6.07) is 4.75. The Hall–Kier alpha value is -1.33. The highest BCUT2D eigenvalue weighted by atomic mass is 79.9. The van der Waals surface area contributed by atoms with Gasteiger partial charge in [-0.25, -0.2) is 4.98 Å². The topological polar surface area (TPSA) is 39.1 Å². The summed E-state index contributed by atoms with van der Waals surface area (Å²) in [5.74, 6) is 2.10. The fourth-order valence-corrected chi connectivity index (χ4v) is 3.15. The average Bonchev–Trinajstić information content (AvgIpc) is 3.05. The Labute approximate surface area is 133 Å². The Morgan fingerprint density at radius 2 is 2.29 bits per heavy atom. The number of nitrogens with zero attached hydrogens (tertiary/aromatic N) is 2. The van der Waals surface area contributed by atoms with Gasteiger partial charge in [-0.15, -0.1) is 0 Å². The summed E-state index contributed by atoms with van der Waals surface area (Å²) in [4.78, 5) is 4.45. The van der Waals surface area contributed by atoms with Crippen LogP contribution >= 0.6 is 15.9 Å². The summed E-state index contributed by atoms with van der Waals surface area (Å²) in [6.45, 7) is 6.63. The van der Waals surface area contributed by atoms with E-state index in [1.165, 1.54) is 11.1 Å². The monoisotopic (exact) mass is 349 g/mol. The van der Waals surface area contributed by atoms with Crippen molar-refractivity contribution < 1.29 is 4.74 Å². The number of fused-ring (bicyclic) bond motifs is 1. The van der Waals surface area contributed by atoms with Gasteiger partial charge in [-0.1, -0.05) is 29.8 Å². The lowest BCUT2D eigenvalue weighted by Gasteiger charge is -2.13. The third-order valence-corrected chi connectivity index (χ3v) is 4.09. The zero-order chi connectivity index (χ0) is 14.8. The van der Waals surface area contributed by atoms with Crippen LogP contribution in [0.25, 0.3) is 0 Å².